The largest absolute Gasteiger partial charge is 0.494 e. The molecular formula is C30H31NO6. The Balaban J connectivity index is 1.48. The van der Waals surface area contributed by atoms with Crippen LogP contribution in [0.2, 0.25) is 0 Å². The molecule has 0 unspecified atom stereocenters. The second-order valence-corrected chi connectivity index (χ2v) is 8.32. The van der Waals surface area contributed by atoms with Crippen LogP contribution in [0.3, 0.4) is 0 Å². The standard InChI is InChI=1S/C30H31NO6/c1-4-22-8-10-24(11-9-22)30(34)37-26-16-17-27(21(3)20-26)31-29(33)23-12-14-25(15-13-23)35-18-6-7-19-36-28(32)5-2/h5,8-17,20H,2,4,6-7,18-19H2,1,3H3,(H,31,33). The molecule has 0 saturated heterocycles. The van der Waals surface area contributed by atoms with Crippen molar-refractivity contribution in [1.82, 2.24) is 0 Å². The number of benzene rings is 3. The summed E-state index contributed by atoms with van der Waals surface area (Å²) in [4.78, 5) is 36.1. The van der Waals surface area contributed by atoms with Gasteiger partial charge in [-0.3, -0.25) is 4.79 Å². The van der Waals surface area contributed by atoms with Gasteiger partial charge in [-0.15, -0.1) is 0 Å². The average Bonchev–Trinajstić information content (AvgIpc) is 2.92. The fourth-order valence-electron chi connectivity index (χ4n) is 3.41. The van der Waals surface area contributed by atoms with Crippen molar-refractivity contribution in [3.8, 4) is 11.5 Å². The summed E-state index contributed by atoms with van der Waals surface area (Å²) in [6.07, 6.45) is 3.44. The van der Waals surface area contributed by atoms with Crippen LogP contribution in [0.4, 0.5) is 5.69 Å². The molecule has 3 aromatic carbocycles. The molecule has 3 aromatic rings. The first kappa shape index (κ1) is 27.2. The normalized spacial score (nSPS) is 10.3. The monoisotopic (exact) mass is 501 g/mol. The summed E-state index contributed by atoms with van der Waals surface area (Å²) >= 11 is 0. The molecule has 0 atom stereocenters. The van der Waals surface area contributed by atoms with Crippen LogP contribution in [0.25, 0.3) is 0 Å². The maximum absolute atomic E-state index is 12.7. The number of carbonyl (C=O) groups is 3. The van der Waals surface area contributed by atoms with Gasteiger partial charge in [0.2, 0.25) is 0 Å². The Morgan fingerprint density at radius 2 is 1.51 bits per heavy atom. The highest BCUT2D eigenvalue weighted by Gasteiger charge is 2.12. The van der Waals surface area contributed by atoms with Gasteiger partial charge in [0.25, 0.3) is 5.91 Å². The van der Waals surface area contributed by atoms with Crippen LogP contribution in [-0.2, 0) is 16.0 Å². The molecule has 0 bridgehead atoms. The van der Waals surface area contributed by atoms with E-state index < -0.39 is 11.9 Å². The molecule has 3 rings (SSSR count). The fourth-order valence-corrected chi connectivity index (χ4v) is 3.41. The summed E-state index contributed by atoms with van der Waals surface area (Å²) in [6.45, 7) is 8.02. The Morgan fingerprint density at radius 3 is 2.16 bits per heavy atom. The van der Waals surface area contributed by atoms with Gasteiger partial charge in [-0.25, -0.2) is 9.59 Å². The molecular weight excluding hydrogens is 470 g/mol. The summed E-state index contributed by atoms with van der Waals surface area (Å²) in [5, 5.41) is 2.88. The number of esters is 2. The number of rotatable bonds is 12. The van der Waals surface area contributed by atoms with E-state index in [1.165, 1.54) is 0 Å². The number of carbonyl (C=O) groups excluding carboxylic acids is 3. The van der Waals surface area contributed by atoms with E-state index in [9.17, 15) is 14.4 Å². The molecule has 1 N–H and O–H groups in total. The lowest BCUT2D eigenvalue weighted by Crippen LogP contribution is -2.13. The average molecular weight is 502 g/mol. The number of hydrogen-bond donors (Lipinski definition) is 1. The first-order valence-electron chi connectivity index (χ1n) is 12.1. The predicted octanol–water partition coefficient (Wildman–Crippen LogP) is 5.92. The number of nitrogens with one attached hydrogen (secondary N) is 1. The minimum Gasteiger partial charge on any atom is -0.494 e. The Labute approximate surface area is 217 Å². The highest BCUT2D eigenvalue weighted by atomic mass is 16.5. The Hall–Kier alpha value is -4.39. The van der Waals surface area contributed by atoms with E-state index in [-0.39, 0.29) is 5.91 Å². The van der Waals surface area contributed by atoms with Crippen molar-refractivity contribution in [3.63, 3.8) is 0 Å². The van der Waals surface area contributed by atoms with Crippen LogP contribution in [0.1, 0.15) is 51.6 Å². The van der Waals surface area contributed by atoms with Gasteiger partial charge < -0.3 is 19.5 Å². The highest BCUT2D eigenvalue weighted by Crippen LogP contribution is 2.23. The lowest BCUT2D eigenvalue weighted by Gasteiger charge is -2.11. The molecule has 37 heavy (non-hydrogen) atoms. The molecule has 7 nitrogen and oxygen atoms in total. The fraction of sp³-hybridized carbons (Fsp3) is 0.233. The van der Waals surface area contributed by atoms with E-state index in [0.29, 0.717) is 47.9 Å². The number of aryl methyl sites for hydroxylation is 2. The lowest BCUT2D eigenvalue weighted by atomic mass is 10.1. The van der Waals surface area contributed by atoms with E-state index >= 15 is 0 Å². The SMILES string of the molecule is C=CC(=O)OCCCCOc1ccc(C(=O)Nc2ccc(OC(=O)c3ccc(CC)cc3)cc2C)cc1. The molecule has 0 heterocycles. The minimum atomic E-state index is -0.433. The third-order valence-corrected chi connectivity index (χ3v) is 5.59. The number of ether oxygens (including phenoxy) is 3. The molecule has 0 radical (unpaired) electrons. The van der Waals surface area contributed by atoms with Crippen LogP contribution in [-0.4, -0.2) is 31.1 Å². The molecule has 0 aliphatic heterocycles. The van der Waals surface area contributed by atoms with Crippen LogP contribution in [0.5, 0.6) is 11.5 Å². The van der Waals surface area contributed by atoms with E-state index in [1.807, 2.05) is 19.1 Å². The van der Waals surface area contributed by atoms with Gasteiger partial charge >= 0.3 is 11.9 Å². The maximum Gasteiger partial charge on any atom is 0.343 e. The van der Waals surface area contributed by atoms with Gasteiger partial charge in [0, 0.05) is 17.3 Å². The molecule has 7 heteroatoms. The lowest BCUT2D eigenvalue weighted by molar-refractivity contribution is -0.137. The second kappa shape index (κ2) is 13.6. The van der Waals surface area contributed by atoms with Gasteiger partial charge in [-0.05, 0) is 91.9 Å². The maximum atomic E-state index is 12.7. The van der Waals surface area contributed by atoms with Crippen molar-refractivity contribution in [2.75, 3.05) is 18.5 Å². The zero-order valence-corrected chi connectivity index (χ0v) is 21.1. The number of unbranched alkanes of at least 4 members (excludes halogenated alkanes) is 1. The van der Waals surface area contributed by atoms with Crippen LogP contribution in [0, 0.1) is 6.92 Å². The van der Waals surface area contributed by atoms with Gasteiger partial charge in [0.1, 0.15) is 11.5 Å². The van der Waals surface area contributed by atoms with E-state index in [1.54, 1.807) is 54.6 Å². The van der Waals surface area contributed by atoms with Gasteiger partial charge in [-0.2, -0.15) is 0 Å². The summed E-state index contributed by atoms with van der Waals surface area (Å²) in [5.41, 5.74) is 3.49. The van der Waals surface area contributed by atoms with Crippen LogP contribution in [0.15, 0.2) is 79.4 Å². The highest BCUT2D eigenvalue weighted by molar-refractivity contribution is 6.04. The van der Waals surface area contributed by atoms with E-state index in [2.05, 4.69) is 18.8 Å². The van der Waals surface area contributed by atoms with Crippen molar-refractivity contribution in [2.24, 2.45) is 0 Å². The van der Waals surface area contributed by atoms with Crippen molar-refractivity contribution >= 4 is 23.5 Å². The molecule has 0 saturated carbocycles. The smallest absolute Gasteiger partial charge is 0.343 e. The number of amides is 1. The summed E-state index contributed by atoms with van der Waals surface area (Å²) < 4.78 is 16.1. The Morgan fingerprint density at radius 1 is 0.865 bits per heavy atom. The molecule has 1 amide bonds. The third-order valence-electron chi connectivity index (χ3n) is 5.59. The van der Waals surface area contributed by atoms with Crippen molar-refractivity contribution in [1.29, 1.82) is 0 Å². The Kier molecular flexibility index (Phi) is 10.0. The Bertz CT molecular complexity index is 1230. The molecule has 0 fully saturated rings. The van der Waals surface area contributed by atoms with Gasteiger partial charge in [-0.1, -0.05) is 25.6 Å². The van der Waals surface area contributed by atoms with Gasteiger partial charge in [0.05, 0.1) is 18.8 Å². The minimum absolute atomic E-state index is 0.264. The first-order chi connectivity index (χ1) is 17.9. The van der Waals surface area contributed by atoms with Crippen LogP contribution >= 0.6 is 0 Å². The zero-order valence-electron chi connectivity index (χ0n) is 21.1. The summed E-state index contributed by atoms with van der Waals surface area (Å²) in [7, 11) is 0. The summed E-state index contributed by atoms with van der Waals surface area (Å²) in [6, 6.07) is 19.2. The molecule has 192 valence electrons. The third kappa shape index (κ3) is 8.35. The molecule has 0 aliphatic rings. The first-order valence-corrected chi connectivity index (χ1v) is 12.1. The number of hydrogen-bond acceptors (Lipinski definition) is 6. The van der Waals surface area contributed by atoms with E-state index in [4.69, 9.17) is 14.2 Å². The van der Waals surface area contributed by atoms with Crippen molar-refractivity contribution in [2.45, 2.75) is 33.1 Å². The second-order valence-electron chi connectivity index (χ2n) is 8.32. The van der Waals surface area contributed by atoms with E-state index in [0.717, 1.165) is 30.0 Å². The molecule has 0 aromatic heterocycles. The zero-order chi connectivity index (χ0) is 26.6. The van der Waals surface area contributed by atoms with Crippen molar-refractivity contribution < 1.29 is 28.6 Å². The number of anilines is 1. The molecule has 0 spiro atoms. The quantitative estimate of drug-likeness (QED) is 0.143. The topological polar surface area (TPSA) is 90.9 Å². The predicted molar refractivity (Wildman–Crippen MR) is 142 cm³/mol. The molecule has 0 aliphatic carbocycles. The summed E-state index contributed by atoms with van der Waals surface area (Å²) in [5.74, 6) is -0.0821. The van der Waals surface area contributed by atoms with Crippen molar-refractivity contribution in [3.05, 3.63) is 102 Å². The van der Waals surface area contributed by atoms with Gasteiger partial charge in [0.15, 0.2) is 0 Å². The van der Waals surface area contributed by atoms with Crippen LogP contribution < -0.4 is 14.8 Å².